The third-order valence-electron chi connectivity index (χ3n) is 1.38. The zero-order valence-electron chi connectivity index (χ0n) is 13.3. The van der Waals surface area contributed by atoms with Crippen molar-refractivity contribution in [3.63, 3.8) is 0 Å². The van der Waals surface area contributed by atoms with Gasteiger partial charge in [0.15, 0.2) is 0 Å². The van der Waals surface area contributed by atoms with E-state index in [1.165, 1.54) is 5.57 Å². The van der Waals surface area contributed by atoms with Gasteiger partial charge in [-0.3, -0.25) is 6.08 Å². The first kappa shape index (κ1) is 32.1. The van der Waals surface area contributed by atoms with Crippen LogP contribution in [0.1, 0.15) is 41.0 Å². The van der Waals surface area contributed by atoms with Crippen LogP contribution in [0, 0.1) is 12.0 Å². The molecule has 0 heterocycles. The molecule has 1 atom stereocenters. The molecule has 0 fully saturated rings. The van der Waals surface area contributed by atoms with Gasteiger partial charge in [0.25, 0.3) is 0 Å². The standard InChI is InChI=1S/C8H11.C4H10N.C2H7Si.2ClH.Ti/c1-3-8-5-4-7(2)6-8;1-4(2,3)5;1-3-2;;;/h4-5,7H,3H2,1-2H3;5H,1-3H3;3H,1-2H3;2*1H;/q2*-1;;;;+4/p-2. The summed E-state index contributed by atoms with van der Waals surface area (Å²) < 4.78 is 0. The quantitative estimate of drug-likeness (QED) is 0.411. The number of allylic oxidation sites excluding steroid dienone is 4. The minimum atomic E-state index is -0.250. The van der Waals surface area contributed by atoms with Crippen molar-refractivity contribution < 1.29 is 46.5 Å². The molecule has 0 aromatic carbocycles. The monoisotopic (exact) mass is 356 g/mol. The summed E-state index contributed by atoms with van der Waals surface area (Å²) in [6, 6.07) is 0. The van der Waals surface area contributed by atoms with Gasteiger partial charge in [-0.15, -0.1) is 5.54 Å². The Balaban J connectivity index is -0.0000000531. The minimum Gasteiger partial charge on any atom is -1.00 e. The van der Waals surface area contributed by atoms with Gasteiger partial charge in [-0.2, -0.15) is 6.08 Å². The minimum absolute atomic E-state index is 0. The molecule has 0 spiro atoms. The van der Waals surface area contributed by atoms with Gasteiger partial charge in [0.1, 0.15) is 0 Å². The van der Waals surface area contributed by atoms with Crippen LogP contribution in [0.3, 0.4) is 0 Å². The molecule has 1 N–H and O–H groups in total. The first-order chi connectivity index (χ1) is 7.24. The first-order valence-corrected chi connectivity index (χ1v) is 8.35. The fraction of sp³-hybridized carbons (Fsp3) is 0.714. The predicted molar refractivity (Wildman–Crippen MR) is 78.3 cm³/mol. The average Bonchev–Trinajstić information content (AvgIpc) is 2.49. The number of nitrogens with one attached hydrogen (secondary N) is 1. The predicted octanol–water partition coefficient (Wildman–Crippen LogP) is -1.31. The molecule has 0 amide bonds. The second-order valence-electron chi connectivity index (χ2n) is 5.00. The van der Waals surface area contributed by atoms with Crippen LogP contribution < -0.4 is 24.8 Å². The van der Waals surface area contributed by atoms with E-state index in [4.69, 9.17) is 5.73 Å². The molecule has 1 aliphatic rings. The maximum Gasteiger partial charge on any atom is 4.00 e. The SMILES string of the molecule is CC(C)(C)[NH-].CCC1=[C-]C(C)C=C1.C[SiH]C.[Cl-].[Cl-].[Ti+4]. The Bertz CT molecular complexity index is 220. The van der Waals surface area contributed by atoms with Crippen molar-refractivity contribution >= 4 is 9.52 Å². The van der Waals surface area contributed by atoms with E-state index in [9.17, 15) is 0 Å². The van der Waals surface area contributed by atoms with Crippen LogP contribution in [-0.4, -0.2) is 15.1 Å². The van der Waals surface area contributed by atoms with Gasteiger partial charge < -0.3 is 30.5 Å². The van der Waals surface area contributed by atoms with Crippen LogP contribution in [0.2, 0.25) is 13.1 Å². The second kappa shape index (κ2) is 19.0. The fourth-order valence-corrected chi connectivity index (χ4v) is 0.869. The molecule has 1 rings (SSSR count). The molecule has 0 saturated carbocycles. The summed E-state index contributed by atoms with van der Waals surface area (Å²) in [5.41, 5.74) is 8.05. The maximum absolute atomic E-state index is 6.94. The van der Waals surface area contributed by atoms with Crippen LogP contribution >= 0.6 is 0 Å². The van der Waals surface area contributed by atoms with Crippen LogP contribution in [-0.2, 0) is 21.7 Å². The Morgan fingerprint density at radius 1 is 1.26 bits per heavy atom. The van der Waals surface area contributed by atoms with Gasteiger partial charge in [-0.1, -0.05) is 60.1 Å². The van der Waals surface area contributed by atoms with Crippen LogP contribution in [0.5, 0.6) is 0 Å². The topological polar surface area (TPSA) is 23.8 Å². The normalized spacial score (nSPS) is 15.2. The molecular formula is C14H28Cl2NSiTi. The van der Waals surface area contributed by atoms with E-state index in [2.05, 4.69) is 45.2 Å². The molecule has 1 nitrogen and oxygen atoms in total. The molecule has 1 radical (unpaired) electrons. The van der Waals surface area contributed by atoms with Crippen molar-refractivity contribution in [2.75, 3.05) is 0 Å². The Morgan fingerprint density at radius 2 is 1.58 bits per heavy atom. The summed E-state index contributed by atoms with van der Waals surface area (Å²) in [5, 5.41) is 0. The van der Waals surface area contributed by atoms with Crippen LogP contribution in [0.15, 0.2) is 17.7 Å². The molecule has 0 aromatic rings. The van der Waals surface area contributed by atoms with E-state index < -0.39 is 0 Å². The van der Waals surface area contributed by atoms with E-state index in [1.807, 2.05) is 20.8 Å². The Labute approximate surface area is 150 Å². The van der Waals surface area contributed by atoms with Crippen molar-refractivity contribution in [3.8, 4) is 0 Å². The average molecular weight is 357 g/mol. The van der Waals surface area contributed by atoms with E-state index in [0.29, 0.717) is 5.92 Å². The van der Waals surface area contributed by atoms with Gasteiger partial charge >= 0.3 is 21.7 Å². The van der Waals surface area contributed by atoms with E-state index in [1.54, 1.807) is 0 Å². The summed E-state index contributed by atoms with van der Waals surface area (Å²) in [7, 11) is 0.750. The molecule has 0 bridgehead atoms. The van der Waals surface area contributed by atoms with Crippen molar-refractivity contribution in [1.29, 1.82) is 0 Å². The summed E-state index contributed by atoms with van der Waals surface area (Å²) in [6.45, 7) is 14.3. The largest absolute Gasteiger partial charge is 4.00 e. The van der Waals surface area contributed by atoms with E-state index >= 15 is 0 Å². The zero-order chi connectivity index (χ0) is 13.2. The third-order valence-corrected chi connectivity index (χ3v) is 1.38. The molecule has 0 aliphatic heterocycles. The second-order valence-corrected chi connectivity index (χ2v) is 6.15. The first-order valence-electron chi connectivity index (χ1n) is 6.04. The number of hydrogen-bond donors (Lipinski definition) is 0. The Morgan fingerprint density at radius 3 is 1.68 bits per heavy atom. The van der Waals surface area contributed by atoms with E-state index in [0.717, 1.165) is 15.9 Å². The molecular weight excluding hydrogens is 329 g/mol. The Hall–Kier alpha value is 0.951. The van der Waals surface area contributed by atoms with Crippen LogP contribution in [0.25, 0.3) is 5.73 Å². The Kier molecular flexibility index (Phi) is 32.0. The summed E-state index contributed by atoms with van der Waals surface area (Å²) in [4.78, 5) is 0. The molecule has 111 valence electrons. The molecule has 0 saturated heterocycles. The molecule has 19 heavy (non-hydrogen) atoms. The van der Waals surface area contributed by atoms with Crippen LogP contribution in [0.4, 0.5) is 0 Å². The number of hydrogen-bond acceptors (Lipinski definition) is 0. The van der Waals surface area contributed by atoms with Gasteiger partial charge in [0.2, 0.25) is 0 Å². The van der Waals surface area contributed by atoms with Gasteiger partial charge in [0, 0.05) is 9.52 Å². The number of rotatable bonds is 1. The molecule has 1 aliphatic carbocycles. The summed E-state index contributed by atoms with van der Waals surface area (Å²) >= 11 is 0. The van der Waals surface area contributed by atoms with Crippen molar-refractivity contribution in [3.05, 3.63) is 29.5 Å². The third kappa shape index (κ3) is 38.1. The molecule has 5 heteroatoms. The molecule has 1 unspecified atom stereocenters. The van der Waals surface area contributed by atoms with E-state index in [-0.39, 0.29) is 52.1 Å². The summed E-state index contributed by atoms with van der Waals surface area (Å²) in [6.07, 6.45) is 8.77. The number of halogens is 2. The maximum atomic E-state index is 6.94. The fourth-order valence-electron chi connectivity index (χ4n) is 0.869. The summed E-state index contributed by atoms with van der Waals surface area (Å²) in [5.74, 6) is 0.560. The van der Waals surface area contributed by atoms with Crippen molar-refractivity contribution in [2.24, 2.45) is 5.92 Å². The smallest absolute Gasteiger partial charge is 1.00 e. The van der Waals surface area contributed by atoms with Gasteiger partial charge in [0.05, 0.1) is 0 Å². The van der Waals surface area contributed by atoms with Crippen molar-refractivity contribution in [2.45, 2.75) is 59.7 Å². The molecule has 0 aromatic heterocycles. The zero-order valence-corrected chi connectivity index (χ0v) is 17.5. The van der Waals surface area contributed by atoms with Crippen molar-refractivity contribution in [1.82, 2.24) is 0 Å². The van der Waals surface area contributed by atoms with Gasteiger partial charge in [-0.25, -0.2) is 11.6 Å². The van der Waals surface area contributed by atoms with Gasteiger partial charge in [-0.05, 0) is 0 Å².